The van der Waals surface area contributed by atoms with Crippen molar-refractivity contribution in [2.45, 2.75) is 4.90 Å². The zero-order valence-electron chi connectivity index (χ0n) is 7.54. The summed E-state index contributed by atoms with van der Waals surface area (Å²) in [6, 6.07) is 1.21. The number of hydrogen-bond acceptors (Lipinski definition) is 4. The molecule has 0 unspecified atom stereocenters. The summed E-state index contributed by atoms with van der Waals surface area (Å²) in [5.41, 5.74) is 0. The predicted octanol–water partition coefficient (Wildman–Crippen LogP) is 5.27. The summed E-state index contributed by atoms with van der Waals surface area (Å²) in [6.45, 7) is 0. The molecule has 0 saturated carbocycles. The maximum atomic E-state index is 11.3. The van der Waals surface area contributed by atoms with Crippen LogP contribution < -0.4 is 5.09 Å². The minimum atomic E-state index is -4.25. The zero-order chi connectivity index (χ0) is 13.5. The van der Waals surface area contributed by atoms with Crippen LogP contribution >= 0.6 is 75.7 Å². The van der Waals surface area contributed by atoms with Crippen LogP contribution in [0, 0.1) is 0 Å². The molecule has 0 bridgehead atoms. The molecule has 1 aromatic heterocycles. The number of nitrogens with one attached hydrogen (secondary N) is 1. The van der Waals surface area contributed by atoms with Crippen molar-refractivity contribution < 1.29 is 8.42 Å². The van der Waals surface area contributed by atoms with Gasteiger partial charge in [-0.3, -0.25) is 0 Å². The van der Waals surface area contributed by atoms with Gasteiger partial charge in [0.15, 0.2) is 0 Å². The van der Waals surface area contributed by atoms with Gasteiger partial charge in [-0.2, -0.15) is 0 Å². The molecule has 0 fully saturated rings. The van der Waals surface area contributed by atoms with Crippen LogP contribution in [-0.2, 0) is 9.05 Å². The number of anilines is 1. The third kappa shape index (κ3) is 5.83. The molecule has 1 rings (SSSR count). The van der Waals surface area contributed by atoms with E-state index in [1.165, 1.54) is 12.3 Å². The van der Waals surface area contributed by atoms with Crippen molar-refractivity contribution in [2.75, 3.05) is 5.09 Å². The van der Waals surface area contributed by atoms with Crippen LogP contribution in [0.15, 0.2) is 21.6 Å². The van der Waals surface area contributed by atoms with Crippen LogP contribution in [0.2, 0.25) is 0 Å². The first-order chi connectivity index (χ1) is 7.35. The minimum absolute atomic E-state index is 0.226. The summed E-state index contributed by atoms with van der Waals surface area (Å²) < 4.78 is 18.8. The first-order valence-corrected chi connectivity index (χ1v) is 12.6. The molecular weight excluding hydrogens is 440 g/mol. The van der Waals surface area contributed by atoms with Gasteiger partial charge in [0.25, 0.3) is 0 Å². The van der Waals surface area contributed by atoms with E-state index in [2.05, 4.69) is 26.0 Å². The van der Waals surface area contributed by atoms with Crippen LogP contribution in [0.4, 0.5) is 5.82 Å². The average molecular weight is 443 g/mol. The molecule has 12 heteroatoms. The van der Waals surface area contributed by atoms with E-state index in [-0.39, 0.29) is 10.7 Å². The monoisotopic (exact) mass is 440 g/mol. The van der Waals surface area contributed by atoms with E-state index < -0.39 is 13.2 Å². The Labute approximate surface area is 130 Å². The van der Waals surface area contributed by atoms with Crippen LogP contribution in [0.1, 0.15) is 0 Å². The van der Waals surface area contributed by atoms with Gasteiger partial charge in [-0.1, -0.05) is 0 Å². The molecule has 0 radical (unpaired) electrons. The number of aromatic nitrogens is 1. The second-order valence-corrected chi connectivity index (χ2v) is 19.1. The predicted molar refractivity (Wildman–Crippen MR) is 78.9 cm³/mol. The van der Waals surface area contributed by atoms with Gasteiger partial charge >= 0.3 is 131 Å². The zero-order valence-corrected chi connectivity index (χ0v) is 14.6. The molecule has 0 aliphatic heterocycles. The van der Waals surface area contributed by atoms with Gasteiger partial charge in [0.2, 0.25) is 0 Å². The first-order valence-electron chi connectivity index (χ1n) is 3.63. The van der Waals surface area contributed by atoms with Gasteiger partial charge < -0.3 is 0 Å². The molecule has 17 heavy (non-hydrogen) atoms. The van der Waals surface area contributed by atoms with Crippen LogP contribution in [0.3, 0.4) is 0 Å². The van der Waals surface area contributed by atoms with Gasteiger partial charge in [-0.25, -0.2) is 0 Å². The van der Waals surface area contributed by atoms with Gasteiger partial charge in [0.05, 0.1) is 0 Å². The van der Waals surface area contributed by atoms with Crippen molar-refractivity contribution in [2.24, 2.45) is 0 Å². The Bertz CT molecular complexity index is 550. The van der Waals surface area contributed by atoms with Crippen molar-refractivity contribution in [3.05, 3.63) is 16.7 Å². The Morgan fingerprint density at radius 3 is 2.24 bits per heavy atom. The third-order valence-electron chi connectivity index (χ3n) is 1.36. The molecule has 1 N–H and O–H groups in total. The molecule has 1 aromatic rings. The van der Waals surface area contributed by atoms with Gasteiger partial charge in [-0.05, 0) is 0 Å². The Morgan fingerprint density at radius 2 is 1.82 bits per heavy atom. The summed E-state index contributed by atoms with van der Waals surface area (Å²) in [5, 5.41) is 2.26. The molecule has 0 aromatic carbocycles. The van der Waals surface area contributed by atoms with Crippen molar-refractivity contribution in [3.8, 4) is 0 Å². The SMILES string of the molecule is O=S(=O)(Cl)c1cc(Br)cnc1NP(Cl)(Cl)(Cl)Cl. The number of pyridine rings is 1. The Hall–Kier alpha value is 1.26. The molecular formula is C5H3BrCl5N2O2PS. The fraction of sp³-hybridized carbons (Fsp3) is 0. The molecule has 0 aliphatic rings. The topological polar surface area (TPSA) is 59.1 Å². The van der Waals surface area contributed by atoms with E-state index in [9.17, 15) is 8.42 Å². The molecule has 4 nitrogen and oxygen atoms in total. The Kier molecular flexibility index (Phi) is 4.78. The quantitative estimate of drug-likeness (QED) is 0.511. The van der Waals surface area contributed by atoms with Crippen LogP contribution in [0.25, 0.3) is 0 Å². The van der Waals surface area contributed by atoms with Crippen LogP contribution in [0.5, 0.6) is 0 Å². The van der Waals surface area contributed by atoms with Gasteiger partial charge in [0.1, 0.15) is 0 Å². The maximum absolute atomic E-state index is 11.3. The fourth-order valence-corrected chi connectivity index (χ4v) is 3.82. The molecule has 0 aliphatic carbocycles. The summed E-state index contributed by atoms with van der Waals surface area (Å²) in [7, 11) is 1.17. The Balaban J connectivity index is 3.37. The second kappa shape index (κ2) is 4.98. The van der Waals surface area contributed by atoms with E-state index in [0.717, 1.165) is 0 Å². The number of hydrogen-bond donors (Lipinski definition) is 1. The molecule has 0 saturated heterocycles. The average Bonchev–Trinajstić information content (AvgIpc) is 2.02. The van der Waals surface area contributed by atoms with E-state index in [1.807, 2.05) is 0 Å². The molecule has 0 atom stereocenters. The molecule has 0 amide bonds. The second-order valence-electron chi connectivity index (χ2n) is 2.77. The van der Waals surface area contributed by atoms with Gasteiger partial charge in [0, 0.05) is 0 Å². The molecule has 98 valence electrons. The van der Waals surface area contributed by atoms with E-state index in [1.54, 1.807) is 0 Å². The number of halogens is 6. The standard InChI is InChI=1S/C5H3BrCl5N2O2PS/c6-3-1-4(17(11,14)15)5(12-2-3)13-16(7,8,9)10/h1-2H,(H,12,13). The Morgan fingerprint density at radius 1 is 1.29 bits per heavy atom. The summed E-state index contributed by atoms with van der Waals surface area (Å²) in [4.78, 5) is 3.41. The normalized spacial score (nSPS) is 15.1. The van der Waals surface area contributed by atoms with E-state index >= 15 is 0 Å². The fourth-order valence-electron chi connectivity index (χ4n) is 0.851. The first kappa shape index (κ1) is 16.3. The van der Waals surface area contributed by atoms with E-state index in [4.69, 9.17) is 55.6 Å². The van der Waals surface area contributed by atoms with Crippen molar-refractivity contribution in [1.29, 1.82) is 0 Å². The van der Waals surface area contributed by atoms with Crippen molar-refractivity contribution in [3.63, 3.8) is 0 Å². The van der Waals surface area contributed by atoms with Crippen LogP contribution in [-0.4, -0.2) is 13.4 Å². The summed E-state index contributed by atoms with van der Waals surface area (Å²) >= 11 is 25.5. The summed E-state index contributed by atoms with van der Waals surface area (Å²) in [6.07, 6.45) is 1.30. The van der Waals surface area contributed by atoms with Crippen molar-refractivity contribution >= 4 is 90.6 Å². The van der Waals surface area contributed by atoms with Gasteiger partial charge in [-0.15, -0.1) is 0 Å². The summed E-state index contributed by atoms with van der Waals surface area (Å²) in [5.74, 6) is -0.226. The van der Waals surface area contributed by atoms with E-state index in [0.29, 0.717) is 4.47 Å². The number of nitrogens with zero attached hydrogens (tertiary/aromatic N) is 1. The number of rotatable bonds is 3. The third-order valence-corrected chi connectivity index (χ3v) is 4.69. The molecule has 0 spiro atoms. The molecule has 1 heterocycles. The van der Waals surface area contributed by atoms with Crippen molar-refractivity contribution in [1.82, 2.24) is 4.98 Å².